The molecular formula is C20H26N6O3S. The van der Waals surface area contributed by atoms with Crippen LogP contribution in [0.4, 0.5) is 5.95 Å². The minimum absolute atomic E-state index is 0.0983. The fourth-order valence-corrected chi connectivity index (χ4v) is 3.88. The number of thiophene rings is 1. The van der Waals surface area contributed by atoms with Crippen LogP contribution in [0.2, 0.25) is 0 Å². The third-order valence-corrected chi connectivity index (χ3v) is 5.57. The molecule has 1 amide bonds. The highest BCUT2D eigenvalue weighted by molar-refractivity contribution is 7.20. The third-order valence-electron chi connectivity index (χ3n) is 4.54. The zero-order chi connectivity index (χ0) is 21.5. The normalized spacial score (nSPS) is 11.9. The topological polar surface area (TPSA) is 119 Å². The van der Waals surface area contributed by atoms with Gasteiger partial charge in [0.25, 0.3) is 5.91 Å². The van der Waals surface area contributed by atoms with E-state index in [0.29, 0.717) is 45.2 Å². The highest BCUT2D eigenvalue weighted by Gasteiger charge is 2.20. The summed E-state index contributed by atoms with van der Waals surface area (Å²) in [5.41, 5.74) is 7.61. The average molecular weight is 431 g/mol. The number of anilines is 1. The van der Waals surface area contributed by atoms with E-state index < -0.39 is 0 Å². The van der Waals surface area contributed by atoms with E-state index in [2.05, 4.69) is 39.2 Å². The van der Waals surface area contributed by atoms with Gasteiger partial charge in [0.15, 0.2) is 0 Å². The number of oxime groups is 1. The van der Waals surface area contributed by atoms with Gasteiger partial charge in [0, 0.05) is 24.0 Å². The van der Waals surface area contributed by atoms with Crippen molar-refractivity contribution in [3.63, 3.8) is 0 Å². The van der Waals surface area contributed by atoms with Crippen molar-refractivity contribution in [1.29, 1.82) is 0 Å². The summed E-state index contributed by atoms with van der Waals surface area (Å²) in [5, 5.41) is 7.82. The summed E-state index contributed by atoms with van der Waals surface area (Å²) in [7, 11) is 0. The number of amides is 1. The van der Waals surface area contributed by atoms with Gasteiger partial charge >= 0.3 is 0 Å². The average Bonchev–Trinajstić information content (AvgIpc) is 3.40. The van der Waals surface area contributed by atoms with Crippen LogP contribution in [0.25, 0.3) is 10.2 Å². The van der Waals surface area contributed by atoms with Gasteiger partial charge in [-0.3, -0.25) is 4.79 Å². The van der Waals surface area contributed by atoms with Crippen LogP contribution in [0.3, 0.4) is 0 Å². The summed E-state index contributed by atoms with van der Waals surface area (Å²) in [6.45, 7) is 9.69. The number of carbonyl (C=O) groups is 1. The SMILES string of the molecule is CCNC(=O)c1cc2c(/C(=N\OCCN(CC)CC)c3ccoc3)nc(N)nc2s1. The lowest BCUT2D eigenvalue weighted by Crippen LogP contribution is -2.26. The van der Waals surface area contributed by atoms with E-state index >= 15 is 0 Å². The first kappa shape index (κ1) is 21.7. The molecule has 0 aromatic carbocycles. The molecule has 0 aliphatic heterocycles. The highest BCUT2D eigenvalue weighted by atomic mass is 32.1. The number of hydrogen-bond acceptors (Lipinski definition) is 9. The first-order chi connectivity index (χ1) is 14.6. The maximum atomic E-state index is 12.3. The predicted molar refractivity (Wildman–Crippen MR) is 118 cm³/mol. The zero-order valence-corrected chi connectivity index (χ0v) is 18.2. The molecule has 0 aliphatic carbocycles. The Morgan fingerprint density at radius 3 is 2.80 bits per heavy atom. The number of likely N-dealkylation sites (N-methyl/N-ethyl adjacent to an activating group) is 1. The molecule has 0 unspecified atom stereocenters. The minimum Gasteiger partial charge on any atom is -0.472 e. The molecule has 0 aliphatic rings. The number of rotatable bonds is 10. The number of nitrogen functional groups attached to an aromatic ring is 1. The summed E-state index contributed by atoms with van der Waals surface area (Å²) in [6, 6.07) is 3.53. The number of nitrogens with one attached hydrogen (secondary N) is 1. The van der Waals surface area contributed by atoms with Crippen LogP contribution in [0.1, 0.15) is 41.7 Å². The molecule has 0 saturated heterocycles. The molecule has 3 heterocycles. The fraction of sp³-hybridized carbons (Fsp3) is 0.400. The Kier molecular flexibility index (Phi) is 7.36. The van der Waals surface area contributed by atoms with Crippen LogP contribution >= 0.6 is 11.3 Å². The number of aromatic nitrogens is 2. The molecule has 0 spiro atoms. The van der Waals surface area contributed by atoms with E-state index in [9.17, 15) is 4.79 Å². The summed E-state index contributed by atoms with van der Waals surface area (Å²) >= 11 is 1.26. The quantitative estimate of drug-likeness (QED) is 0.288. The molecule has 30 heavy (non-hydrogen) atoms. The van der Waals surface area contributed by atoms with E-state index in [1.54, 1.807) is 24.7 Å². The van der Waals surface area contributed by atoms with Crippen molar-refractivity contribution >= 4 is 39.1 Å². The van der Waals surface area contributed by atoms with Crippen LogP contribution in [0.15, 0.2) is 34.2 Å². The number of nitrogens with two attached hydrogens (primary N) is 1. The summed E-state index contributed by atoms with van der Waals surface area (Å²) < 4.78 is 5.23. The zero-order valence-electron chi connectivity index (χ0n) is 17.3. The summed E-state index contributed by atoms with van der Waals surface area (Å²) in [6.07, 6.45) is 3.12. The Bertz CT molecular complexity index is 1010. The Balaban J connectivity index is 1.98. The second kappa shape index (κ2) is 10.2. The van der Waals surface area contributed by atoms with Gasteiger partial charge < -0.3 is 25.2 Å². The lowest BCUT2D eigenvalue weighted by molar-refractivity contribution is 0.0960. The number of hydrogen-bond donors (Lipinski definition) is 2. The molecular weight excluding hydrogens is 404 g/mol. The monoisotopic (exact) mass is 430 g/mol. The van der Waals surface area contributed by atoms with E-state index in [-0.39, 0.29) is 11.9 Å². The fourth-order valence-electron chi connectivity index (χ4n) is 2.93. The van der Waals surface area contributed by atoms with Crippen LogP contribution < -0.4 is 11.1 Å². The maximum Gasteiger partial charge on any atom is 0.261 e. The molecule has 3 N–H and O–H groups in total. The van der Waals surface area contributed by atoms with Crippen LogP contribution in [-0.2, 0) is 4.84 Å². The van der Waals surface area contributed by atoms with Crippen LogP contribution in [0.5, 0.6) is 0 Å². The molecule has 0 radical (unpaired) electrons. The molecule has 3 aromatic heterocycles. The molecule has 10 heteroatoms. The number of nitrogens with zero attached hydrogens (tertiary/aromatic N) is 4. The predicted octanol–water partition coefficient (Wildman–Crippen LogP) is 2.73. The number of fused-ring (bicyclic) bond motifs is 1. The van der Waals surface area contributed by atoms with Crippen molar-refractivity contribution in [3.05, 3.63) is 40.8 Å². The summed E-state index contributed by atoms with van der Waals surface area (Å²) in [4.78, 5) is 30.0. The second-order valence-corrected chi connectivity index (χ2v) is 7.46. The lowest BCUT2D eigenvalue weighted by Gasteiger charge is -2.16. The Labute approximate surface area is 178 Å². The van der Waals surface area contributed by atoms with Crippen molar-refractivity contribution in [2.45, 2.75) is 20.8 Å². The van der Waals surface area contributed by atoms with E-state index in [0.717, 1.165) is 19.6 Å². The van der Waals surface area contributed by atoms with Gasteiger partial charge in [0.2, 0.25) is 5.95 Å². The standard InChI is InChI=1S/C20H26N6O3S/c1-4-22-18(27)15-11-14-17(23-20(21)24-19(14)30-15)16(13-7-9-28-12-13)25-29-10-8-26(5-2)6-3/h7,9,11-12H,4-6,8,10H2,1-3H3,(H,22,27)(H2,21,23,24)/b25-16-. The van der Waals surface area contributed by atoms with E-state index in [1.165, 1.54) is 11.3 Å². The van der Waals surface area contributed by atoms with Crippen molar-refractivity contribution in [1.82, 2.24) is 20.2 Å². The van der Waals surface area contributed by atoms with E-state index in [4.69, 9.17) is 15.0 Å². The van der Waals surface area contributed by atoms with Crippen LogP contribution in [0, 0.1) is 0 Å². The number of furan rings is 1. The van der Waals surface area contributed by atoms with Gasteiger partial charge in [-0.1, -0.05) is 19.0 Å². The first-order valence-electron chi connectivity index (χ1n) is 9.87. The van der Waals surface area contributed by atoms with Crippen molar-refractivity contribution in [2.24, 2.45) is 5.16 Å². The molecule has 0 saturated carbocycles. The van der Waals surface area contributed by atoms with Gasteiger partial charge in [0.05, 0.1) is 17.4 Å². The second-order valence-electron chi connectivity index (χ2n) is 6.43. The molecule has 0 atom stereocenters. The molecule has 0 bridgehead atoms. The van der Waals surface area contributed by atoms with Gasteiger partial charge in [0.1, 0.15) is 22.8 Å². The van der Waals surface area contributed by atoms with Gasteiger partial charge in [-0.05, 0) is 32.1 Å². The summed E-state index contributed by atoms with van der Waals surface area (Å²) in [5.74, 6) is -0.0663. The van der Waals surface area contributed by atoms with Gasteiger partial charge in [-0.2, -0.15) is 0 Å². The molecule has 3 rings (SSSR count). The molecule has 3 aromatic rings. The smallest absolute Gasteiger partial charge is 0.261 e. The number of carbonyl (C=O) groups excluding carboxylic acids is 1. The molecule has 0 fully saturated rings. The third kappa shape index (κ3) is 4.95. The molecule has 160 valence electrons. The van der Waals surface area contributed by atoms with Crippen molar-refractivity contribution in [3.8, 4) is 0 Å². The largest absolute Gasteiger partial charge is 0.472 e. The minimum atomic E-state index is -0.165. The Hall–Kier alpha value is -2.98. The highest BCUT2D eigenvalue weighted by Crippen LogP contribution is 2.28. The first-order valence-corrected chi connectivity index (χ1v) is 10.7. The Morgan fingerprint density at radius 1 is 1.33 bits per heavy atom. The van der Waals surface area contributed by atoms with Crippen molar-refractivity contribution < 1.29 is 14.0 Å². The Morgan fingerprint density at radius 2 is 2.13 bits per heavy atom. The lowest BCUT2D eigenvalue weighted by atomic mass is 10.1. The van der Waals surface area contributed by atoms with Crippen LogP contribution in [-0.4, -0.2) is 59.3 Å². The van der Waals surface area contributed by atoms with Gasteiger partial charge in [-0.25, -0.2) is 9.97 Å². The molecule has 9 nitrogen and oxygen atoms in total. The maximum absolute atomic E-state index is 12.3. The van der Waals surface area contributed by atoms with E-state index in [1.807, 2.05) is 6.92 Å². The van der Waals surface area contributed by atoms with Crippen molar-refractivity contribution in [2.75, 3.05) is 38.5 Å². The van der Waals surface area contributed by atoms with Gasteiger partial charge in [-0.15, -0.1) is 11.3 Å².